The zero-order valence-corrected chi connectivity index (χ0v) is 11.5. The fraction of sp³-hybridized carbons (Fsp3) is 0.438. The molecule has 0 saturated heterocycles. The summed E-state index contributed by atoms with van der Waals surface area (Å²) < 4.78 is 14.1. The van der Waals surface area contributed by atoms with E-state index in [4.69, 9.17) is 5.73 Å². The summed E-state index contributed by atoms with van der Waals surface area (Å²) in [7, 11) is 0. The van der Waals surface area contributed by atoms with Gasteiger partial charge in [-0.05, 0) is 30.9 Å². The van der Waals surface area contributed by atoms with Crippen molar-refractivity contribution in [2.45, 2.75) is 37.5 Å². The second kappa shape index (κ2) is 5.46. The first-order valence-electron chi connectivity index (χ1n) is 7.15. The summed E-state index contributed by atoms with van der Waals surface area (Å²) in [6.45, 7) is 0.848. The van der Waals surface area contributed by atoms with Gasteiger partial charge in [0, 0.05) is 30.7 Å². The number of hydrogen-bond donors (Lipinski definition) is 2. The highest BCUT2D eigenvalue weighted by Crippen LogP contribution is 2.32. The predicted octanol–water partition coefficient (Wildman–Crippen LogP) is 2.54. The van der Waals surface area contributed by atoms with Crippen LogP contribution in [0, 0.1) is 0 Å². The van der Waals surface area contributed by atoms with Crippen LogP contribution in [0.25, 0.3) is 10.9 Å². The van der Waals surface area contributed by atoms with Crippen LogP contribution in [0.15, 0.2) is 36.5 Å². The summed E-state index contributed by atoms with van der Waals surface area (Å²) in [5.41, 5.74) is 6.51. The van der Waals surface area contributed by atoms with Crippen LogP contribution >= 0.6 is 0 Å². The third-order valence-corrected chi connectivity index (χ3v) is 4.22. The van der Waals surface area contributed by atoms with E-state index in [1.54, 1.807) is 0 Å². The Morgan fingerprint density at radius 1 is 1.35 bits per heavy atom. The van der Waals surface area contributed by atoms with E-state index in [9.17, 15) is 4.39 Å². The van der Waals surface area contributed by atoms with Crippen molar-refractivity contribution < 1.29 is 4.39 Å². The van der Waals surface area contributed by atoms with Crippen molar-refractivity contribution >= 4 is 10.9 Å². The Morgan fingerprint density at radius 3 is 3.00 bits per heavy atom. The molecule has 2 aromatic rings. The highest BCUT2D eigenvalue weighted by Gasteiger charge is 2.37. The first-order chi connectivity index (χ1) is 9.70. The SMILES string of the molecule is NC[C@@]1(F)CC[C@@H](NCc2cccc3cccnc23)C1. The minimum atomic E-state index is -1.17. The van der Waals surface area contributed by atoms with Gasteiger partial charge in [0.2, 0.25) is 0 Å². The van der Waals surface area contributed by atoms with Gasteiger partial charge in [0.05, 0.1) is 5.52 Å². The van der Waals surface area contributed by atoms with Crippen LogP contribution in [-0.2, 0) is 6.54 Å². The lowest BCUT2D eigenvalue weighted by Gasteiger charge is -2.18. The van der Waals surface area contributed by atoms with Gasteiger partial charge in [-0.3, -0.25) is 4.98 Å². The van der Waals surface area contributed by atoms with Crippen molar-refractivity contribution in [3.8, 4) is 0 Å². The van der Waals surface area contributed by atoms with E-state index in [2.05, 4.69) is 28.5 Å². The zero-order chi connectivity index (χ0) is 14.0. The first-order valence-corrected chi connectivity index (χ1v) is 7.15. The third kappa shape index (κ3) is 2.67. The second-order valence-electron chi connectivity index (χ2n) is 5.67. The van der Waals surface area contributed by atoms with Crippen molar-refractivity contribution in [1.29, 1.82) is 0 Å². The molecule has 0 spiro atoms. The largest absolute Gasteiger partial charge is 0.328 e. The number of nitrogens with one attached hydrogen (secondary N) is 1. The third-order valence-electron chi connectivity index (χ3n) is 4.22. The number of para-hydroxylation sites is 1. The molecule has 0 bridgehead atoms. The van der Waals surface area contributed by atoms with Gasteiger partial charge >= 0.3 is 0 Å². The van der Waals surface area contributed by atoms with Gasteiger partial charge in [0.1, 0.15) is 5.67 Å². The van der Waals surface area contributed by atoms with Gasteiger partial charge in [0.25, 0.3) is 0 Å². The number of pyridine rings is 1. The van der Waals surface area contributed by atoms with Crippen molar-refractivity contribution in [3.63, 3.8) is 0 Å². The monoisotopic (exact) mass is 273 g/mol. The van der Waals surface area contributed by atoms with Gasteiger partial charge in [-0.1, -0.05) is 24.3 Å². The smallest absolute Gasteiger partial charge is 0.124 e. The number of aromatic nitrogens is 1. The molecule has 20 heavy (non-hydrogen) atoms. The van der Waals surface area contributed by atoms with Crippen LogP contribution in [0.1, 0.15) is 24.8 Å². The normalized spacial score (nSPS) is 26.2. The quantitative estimate of drug-likeness (QED) is 0.900. The summed E-state index contributed by atoms with van der Waals surface area (Å²) in [5, 5.41) is 4.58. The Bertz CT molecular complexity index is 596. The summed E-state index contributed by atoms with van der Waals surface area (Å²) in [6.07, 6.45) is 3.74. The van der Waals surface area contributed by atoms with E-state index in [-0.39, 0.29) is 12.6 Å². The van der Waals surface area contributed by atoms with Crippen molar-refractivity contribution in [2.75, 3.05) is 6.54 Å². The molecule has 3 N–H and O–H groups in total. The fourth-order valence-corrected chi connectivity index (χ4v) is 3.00. The average molecular weight is 273 g/mol. The van der Waals surface area contributed by atoms with Gasteiger partial charge in [-0.2, -0.15) is 0 Å². The molecule has 2 atom stereocenters. The number of hydrogen-bond acceptors (Lipinski definition) is 3. The molecule has 0 unspecified atom stereocenters. The maximum absolute atomic E-state index is 14.1. The Kier molecular flexibility index (Phi) is 3.68. The Balaban J connectivity index is 1.69. The number of alkyl halides is 1. The second-order valence-corrected chi connectivity index (χ2v) is 5.67. The lowest BCUT2D eigenvalue weighted by atomic mass is 10.1. The van der Waals surface area contributed by atoms with E-state index in [1.165, 1.54) is 0 Å². The minimum Gasteiger partial charge on any atom is -0.328 e. The lowest BCUT2D eigenvalue weighted by Crippen LogP contribution is -2.33. The van der Waals surface area contributed by atoms with Crippen LogP contribution in [0.3, 0.4) is 0 Å². The molecule has 1 fully saturated rings. The molecule has 1 aliphatic rings. The van der Waals surface area contributed by atoms with Gasteiger partial charge in [-0.25, -0.2) is 4.39 Å². The van der Waals surface area contributed by atoms with Crippen molar-refractivity contribution in [3.05, 3.63) is 42.1 Å². The summed E-state index contributed by atoms with van der Waals surface area (Å²) in [4.78, 5) is 4.44. The molecule has 3 nitrogen and oxygen atoms in total. The van der Waals surface area contributed by atoms with E-state index >= 15 is 0 Å². The molecule has 1 saturated carbocycles. The molecule has 106 valence electrons. The highest BCUT2D eigenvalue weighted by atomic mass is 19.1. The Labute approximate surface area is 118 Å². The average Bonchev–Trinajstić information content (AvgIpc) is 2.87. The van der Waals surface area contributed by atoms with E-state index in [1.807, 2.05) is 18.3 Å². The number of benzene rings is 1. The maximum Gasteiger partial charge on any atom is 0.124 e. The van der Waals surface area contributed by atoms with Gasteiger partial charge in [-0.15, -0.1) is 0 Å². The van der Waals surface area contributed by atoms with Crippen LogP contribution in [-0.4, -0.2) is 23.2 Å². The molecular weight excluding hydrogens is 253 g/mol. The highest BCUT2D eigenvalue weighted by molar-refractivity contribution is 5.81. The van der Waals surface area contributed by atoms with Crippen LogP contribution in [0.5, 0.6) is 0 Å². The molecule has 0 radical (unpaired) electrons. The first kappa shape index (κ1) is 13.5. The number of nitrogens with zero attached hydrogens (tertiary/aromatic N) is 1. The number of rotatable bonds is 4. The number of nitrogens with two attached hydrogens (primary N) is 1. The molecule has 1 aliphatic carbocycles. The van der Waals surface area contributed by atoms with E-state index < -0.39 is 5.67 Å². The van der Waals surface area contributed by atoms with Gasteiger partial charge in [0.15, 0.2) is 0 Å². The fourth-order valence-electron chi connectivity index (χ4n) is 3.00. The molecule has 1 aromatic heterocycles. The molecule has 0 aliphatic heterocycles. The molecule has 3 rings (SSSR count). The summed E-state index contributed by atoms with van der Waals surface area (Å²) >= 11 is 0. The van der Waals surface area contributed by atoms with Crippen LogP contribution < -0.4 is 11.1 Å². The van der Waals surface area contributed by atoms with Crippen LogP contribution in [0.4, 0.5) is 4.39 Å². The molecular formula is C16H20FN3. The zero-order valence-electron chi connectivity index (χ0n) is 11.5. The van der Waals surface area contributed by atoms with Crippen molar-refractivity contribution in [2.24, 2.45) is 5.73 Å². The Morgan fingerprint density at radius 2 is 2.20 bits per heavy atom. The molecule has 1 heterocycles. The predicted molar refractivity (Wildman–Crippen MR) is 79.1 cm³/mol. The maximum atomic E-state index is 14.1. The van der Waals surface area contributed by atoms with Gasteiger partial charge < -0.3 is 11.1 Å². The van der Waals surface area contributed by atoms with Crippen molar-refractivity contribution in [1.82, 2.24) is 10.3 Å². The summed E-state index contributed by atoms with van der Waals surface area (Å²) in [6, 6.07) is 10.4. The number of fused-ring (bicyclic) bond motifs is 1. The van der Waals surface area contributed by atoms with E-state index in [0.717, 1.165) is 29.4 Å². The standard InChI is InChI=1S/C16H20FN3/c17-16(11-18)7-6-14(9-16)20-10-13-4-1-3-12-5-2-8-19-15(12)13/h1-5,8,14,20H,6-7,9-11,18H2/t14-,16-/m1/s1. The molecule has 0 amide bonds. The lowest BCUT2D eigenvalue weighted by molar-refractivity contribution is 0.179. The molecule has 1 aromatic carbocycles. The number of halogens is 1. The van der Waals surface area contributed by atoms with Crippen LogP contribution in [0.2, 0.25) is 0 Å². The minimum absolute atomic E-state index is 0.126. The topological polar surface area (TPSA) is 50.9 Å². The summed E-state index contributed by atoms with van der Waals surface area (Å²) in [5.74, 6) is 0. The molecule has 4 heteroatoms. The van der Waals surface area contributed by atoms with E-state index in [0.29, 0.717) is 12.8 Å². The Hall–Kier alpha value is -1.52.